The van der Waals surface area contributed by atoms with Crippen LogP contribution in [0, 0.1) is 0 Å². The highest BCUT2D eigenvalue weighted by molar-refractivity contribution is 9.10. The summed E-state index contributed by atoms with van der Waals surface area (Å²) in [5.41, 5.74) is 1.69. The van der Waals surface area contributed by atoms with E-state index in [0.29, 0.717) is 12.1 Å². The maximum Gasteiger partial charge on any atom is 0.166 e. The highest BCUT2D eigenvalue weighted by atomic mass is 79.9. The third kappa shape index (κ3) is 3.65. The molecule has 3 rings (SSSR count). The van der Waals surface area contributed by atoms with Crippen molar-refractivity contribution in [2.24, 2.45) is 0 Å². The molecule has 120 valence electrons. The normalized spacial score (nSPS) is 21.9. The van der Waals surface area contributed by atoms with Crippen LogP contribution < -0.4 is 10.6 Å². The third-order valence-corrected chi connectivity index (χ3v) is 6.09. The molecule has 2 aliphatic rings. The highest BCUT2D eigenvalue weighted by Gasteiger charge is 2.49. The zero-order chi connectivity index (χ0) is 15.6. The Morgan fingerprint density at radius 2 is 1.82 bits per heavy atom. The lowest BCUT2D eigenvalue weighted by molar-refractivity contribution is 0.407. The molecule has 1 unspecified atom stereocenters. The summed E-state index contributed by atoms with van der Waals surface area (Å²) in [5.74, 6) is 0. The van der Waals surface area contributed by atoms with Gasteiger partial charge in [-0.3, -0.25) is 0 Å². The van der Waals surface area contributed by atoms with E-state index in [2.05, 4.69) is 57.8 Å². The number of hydrogen-bond donors (Lipinski definition) is 2. The maximum absolute atomic E-state index is 5.55. The second-order valence-electron chi connectivity index (χ2n) is 6.84. The van der Waals surface area contributed by atoms with Gasteiger partial charge in [0.25, 0.3) is 0 Å². The van der Waals surface area contributed by atoms with Gasteiger partial charge >= 0.3 is 0 Å². The van der Waals surface area contributed by atoms with E-state index in [1.807, 2.05) is 0 Å². The number of hydrogen-bond acceptors (Lipinski definition) is 1. The predicted molar refractivity (Wildman–Crippen MR) is 100 cm³/mol. The van der Waals surface area contributed by atoms with Gasteiger partial charge in [-0.25, -0.2) is 0 Å². The molecule has 1 aromatic carbocycles. The highest BCUT2D eigenvalue weighted by Crippen LogP contribution is 2.51. The van der Waals surface area contributed by atoms with Crippen LogP contribution in [0.4, 0.5) is 0 Å². The van der Waals surface area contributed by atoms with Crippen molar-refractivity contribution in [3.8, 4) is 0 Å². The van der Waals surface area contributed by atoms with Gasteiger partial charge in [0.05, 0.1) is 0 Å². The Hall–Kier alpha value is -0.610. The van der Waals surface area contributed by atoms with Crippen LogP contribution in [0.25, 0.3) is 0 Å². The molecule has 0 amide bonds. The van der Waals surface area contributed by atoms with E-state index in [1.54, 1.807) is 0 Å². The summed E-state index contributed by atoms with van der Waals surface area (Å²) in [7, 11) is 0. The second-order valence-corrected chi connectivity index (χ2v) is 8.16. The van der Waals surface area contributed by atoms with Crippen molar-refractivity contribution < 1.29 is 0 Å². The van der Waals surface area contributed by atoms with Crippen LogP contribution in [-0.4, -0.2) is 17.2 Å². The van der Waals surface area contributed by atoms with Crippen molar-refractivity contribution in [1.29, 1.82) is 0 Å². The topological polar surface area (TPSA) is 24.1 Å². The predicted octanol–water partition coefficient (Wildman–Crippen LogP) is 4.67. The minimum Gasteiger partial charge on any atom is -0.360 e. The first kappa shape index (κ1) is 16.3. The number of benzene rings is 1. The van der Waals surface area contributed by atoms with Crippen LogP contribution in [0.5, 0.6) is 0 Å². The van der Waals surface area contributed by atoms with E-state index in [-0.39, 0.29) is 5.41 Å². The molecule has 2 nitrogen and oxygen atoms in total. The van der Waals surface area contributed by atoms with E-state index in [4.69, 9.17) is 12.2 Å². The summed E-state index contributed by atoms with van der Waals surface area (Å²) in [5, 5.41) is 7.91. The van der Waals surface area contributed by atoms with Gasteiger partial charge in [-0.1, -0.05) is 47.3 Å². The zero-order valence-electron chi connectivity index (χ0n) is 13.2. The molecule has 1 aromatic rings. The van der Waals surface area contributed by atoms with Crippen molar-refractivity contribution in [3.05, 3.63) is 34.3 Å². The van der Waals surface area contributed by atoms with Gasteiger partial charge in [0, 0.05) is 22.0 Å². The molecule has 2 aliphatic carbocycles. The lowest BCUT2D eigenvalue weighted by Crippen LogP contribution is -2.49. The Kier molecular flexibility index (Phi) is 5.08. The first-order valence-electron chi connectivity index (χ1n) is 8.43. The van der Waals surface area contributed by atoms with E-state index in [9.17, 15) is 0 Å². The van der Waals surface area contributed by atoms with Gasteiger partial charge in [-0.2, -0.15) is 0 Å². The standard InChI is InChI=1S/C18H25BrN2S/c1-13(20-17(22)21-16-5-3-2-4-6-16)18(11-12-18)14-7-9-15(19)10-8-14/h7-10,13,16H,2-6,11-12H2,1H3,(H2,20,21,22). The van der Waals surface area contributed by atoms with Gasteiger partial charge in [-0.05, 0) is 62.5 Å². The van der Waals surface area contributed by atoms with Crippen LogP contribution in [0.1, 0.15) is 57.4 Å². The molecular formula is C18H25BrN2S. The Balaban J connectivity index is 1.57. The molecule has 0 radical (unpaired) electrons. The average molecular weight is 381 g/mol. The van der Waals surface area contributed by atoms with E-state index < -0.39 is 0 Å². The second kappa shape index (κ2) is 6.88. The van der Waals surface area contributed by atoms with Gasteiger partial charge in [0.1, 0.15) is 0 Å². The number of thiocarbonyl (C=S) groups is 1. The molecule has 2 N–H and O–H groups in total. The Labute approximate surface area is 147 Å². The van der Waals surface area contributed by atoms with Gasteiger partial charge < -0.3 is 10.6 Å². The molecule has 0 saturated heterocycles. The van der Waals surface area contributed by atoms with Crippen molar-refractivity contribution in [3.63, 3.8) is 0 Å². The van der Waals surface area contributed by atoms with Crippen LogP contribution in [-0.2, 0) is 5.41 Å². The van der Waals surface area contributed by atoms with Gasteiger partial charge in [-0.15, -0.1) is 0 Å². The third-order valence-electron chi connectivity index (χ3n) is 5.32. The lowest BCUT2D eigenvalue weighted by Gasteiger charge is -2.29. The molecule has 0 heterocycles. The molecule has 0 bridgehead atoms. The van der Waals surface area contributed by atoms with Gasteiger partial charge in [0.2, 0.25) is 0 Å². The molecule has 0 aliphatic heterocycles. The molecule has 1 atom stereocenters. The minimum absolute atomic E-state index is 0.263. The molecule has 4 heteroatoms. The Bertz CT molecular complexity index is 518. The molecule has 2 saturated carbocycles. The summed E-state index contributed by atoms with van der Waals surface area (Å²) in [6.07, 6.45) is 9.05. The van der Waals surface area contributed by atoms with Crippen molar-refractivity contribution in [1.82, 2.24) is 10.6 Å². The molecule has 0 aromatic heterocycles. The fourth-order valence-electron chi connectivity index (χ4n) is 3.70. The molecule has 0 spiro atoms. The van der Waals surface area contributed by atoms with E-state index in [0.717, 1.165) is 9.59 Å². The van der Waals surface area contributed by atoms with Gasteiger partial charge in [0.15, 0.2) is 5.11 Å². The minimum atomic E-state index is 0.263. The first-order valence-corrected chi connectivity index (χ1v) is 9.63. The molecule has 22 heavy (non-hydrogen) atoms. The number of rotatable bonds is 4. The van der Waals surface area contributed by atoms with Crippen LogP contribution >= 0.6 is 28.1 Å². The lowest BCUT2D eigenvalue weighted by atomic mass is 9.89. The smallest absolute Gasteiger partial charge is 0.166 e. The average Bonchev–Trinajstić information content (AvgIpc) is 3.30. The summed E-state index contributed by atoms with van der Waals surface area (Å²) in [6.45, 7) is 2.27. The summed E-state index contributed by atoms with van der Waals surface area (Å²) < 4.78 is 1.14. The number of nitrogens with one attached hydrogen (secondary N) is 2. The van der Waals surface area contributed by atoms with Crippen LogP contribution in [0.3, 0.4) is 0 Å². The number of halogens is 1. The maximum atomic E-state index is 5.55. The van der Waals surface area contributed by atoms with Crippen LogP contribution in [0.2, 0.25) is 0 Å². The monoisotopic (exact) mass is 380 g/mol. The van der Waals surface area contributed by atoms with E-state index in [1.165, 1.54) is 50.5 Å². The molecular weight excluding hydrogens is 356 g/mol. The SMILES string of the molecule is CC(NC(=S)NC1CCCCC1)C1(c2ccc(Br)cc2)CC1. The summed E-state index contributed by atoms with van der Waals surface area (Å²) in [6, 6.07) is 9.71. The molecule has 2 fully saturated rings. The summed E-state index contributed by atoms with van der Waals surface area (Å²) in [4.78, 5) is 0. The van der Waals surface area contributed by atoms with Crippen molar-refractivity contribution in [2.75, 3.05) is 0 Å². The van der Waals surface area contributed by atoms with Crippen molar-refractivity contribution in [2.45, 2.75) is 69.4 Å². The first-order chi connectivity index (χ1) is 10.6. The Morgan fingerprint density at radius 1 is 1.18 bits per heavy atom. The fourth-order valence-corrected chi connectivity index (χ4v) is 4.30. The van der Waals surface area contributed by atoms with E-state index >= 15 is 0 Å². The van der Waals surface area contributed by atoms with Crippen molar-refractivity contribution >= 4 is 33.3 Å². The summed E-state index contributed by atoms with van der Waals surface area (Å²) >= 11 is 9.07. The largest absolute Gasteiger partial charge is 0.360 e. The quantitative estimate of drug-likeness (QED) is 0.742. The van der Waals surface area contributed by atoms with Crippen LogP contribution in [0.15, 0.2) is 28.7 Å². The fraction of sp³-hybridized carbons (Fsp3) is 0.611. The Morgan fingerprint density at radius 3 is 2.41 bits per heavy atom. The zero-order valence-corrected chi connectivity index (χ0v) is 15.6.